The molecule has 0 aliphatic carbocycles. The van der Waals surface area contributed by atoms with Gasteiger partial charge in [0.05, 0.1) is 19.9 Å². The molecule has 0 unspecified atom stereocenters. The molecule has 0 atom stereocenters. The molecule has 0 aliphatic rings. The molecule has 1 aromatic heterocycles. The second-order valence-electron chi connectivity index (χ2n) is 4.78. The van der Waals surface area contributed by atoms with Crippen LogP contribution in [0.3, 0.4) is 0 Å². The van der Waals surface area contributed by atoms with E-state index in [4.69, 9.17) is 10.5 Å². The normalized spacial score (nSPS) is 10.5. The highest BCUT2D eigenvalue weighted by Gasteiger charge is 2.28. The van der Waals surface area contributed by atoms with Gasteiger partial charge in [-0.3, -0.25) is 0 Å². The second kappa shape index (κ2) is 6.60. The highest BCUT2D eigenvalue weighted by molar-refractivity contribution is 7.19. The summed E-state index contributed by atoms with van der Waals surface area (Å²) in [6, 6.07) is 0. The van der Waals surface area contributed by atoms with Crippen molar-refractivity contribution in [3.8, 4) is 0 Å². The number of esters is 2. The summed E-state index contributed by atoms with van der Waals surface area (Å²) >= 11 is 1.14. The summed E-state index contributed by atoms with van der Waals surface area (Å²) in [5, 5.41) is 0.614. The summed E-state index contributed by atoms with van der Waals surface area (Å²) in [5.41, 5.74) is 6.24. The molecule has 112 valence electrons. The van der Waals surface area contributed by atoms with Crippen LogP contribution in [0.1, 0.15) is 33.9 Å². The standard InChI is InChI=1S/C13H20N2O4S/c1-7(2)6-15(3)11-8(12(16)18-4)9(14)10(20-11)13(17)19-5/h7H,6,14H2,1-5H3. The molecule has 0 amide bonds. The Morgan fingerprint density at radius 3 is 2.25 bits per heavy atom. The molecule has 1 aromatic rings. The minimum Gasteiger partial charge on any atom is -0.465 e. The lowest BCUT2D eigenvalue weighted by Crippen LogP contribution is -2.23. The maximum absolute atomic E-state index is 11.9. The van der Waals surface area contributed by atoms with E-state index in [0.717, 1.165) is 17.9 Å². The average Bonchev–Trinajstić information content (AvgIpc) is 2.74. The molecule has 0 spiro atoms. The number of thiophene rings is 1. The largest absolute Gasteiger partial charge is 0.465 e. The van der Waals surface area contributed by atoms with Gasteiger partial charge in [0.25, 0.3) is 0 Å². The van der Waals surface area contributed by atoms with Crippen LogP contribution in [-0.4, -0.2) is 39.8 Å². The molecule has 1 rings (SSSR count). The molecule has 6 nitrogen and oxygen atoms in total. The number of ether oxygens (including phenoxy) is 2. The van der Waals surface area contributed by atoms with E-state index in [1.54, 1.807) is 0 Å². The van der Waals surface area contributed by atoms with Crippen molar-refractivity contribution in [2.75, 3.05) is 38.4 Å². The average molecular weight is 300 g/mol. The summed E-state index contributed by atoms with van der Waals surface area (Å²) < 4.78 is 9.43. The van der Waals surface area contributed by atoms with Crippen molar-refractivity contribution in [2.24, 2.45) is 5.92 Å². The molecule has 20 heavy (non-hydrogen) atoms. The SMILES string of the molecule is COC(=O)c1sc(N(C)CC(C)C)c(C(=O)OC)c1N. The zero-order valence-electron chi connectivity index (χ0n) is 12.4. The Kier molecular flexibility index (Phi) is 5.38. The van der Waals surface area contributed by atoms with Gasteiger partial charge in [-0.1, -0.05) is 13.8 Å². The third-order valence-electron chi connectivity index (χ3n) is 2.67. The molecule has 0 bridgehead atoms. The van der Waals surface area contributed by atoms with E-state index < -0.39 is 11.9 Å². The van der Waals surface area contributed by atoms with Gasteiger partial charge < -0.3 is 20.1 Å². The van der Waals surface area contributed by atoms with Gasteiger partial charge in [-0.2, -0.15) is 0 Å². The zero-order valence-corrected chi connectivity index (χ0v) is 13.2. The van der Waals surface area contributed by atoms with Crippen molar-refractivity contribution in [1.29, 1.82) is 0 Å². The number of hydrogen-bond acceptors (Lipinski definition) is 7. The lowest BCUT2D eigenvalue weighted by molar-refractivity contribution is 0.0602. The highest BCUT2D eigenvalue weighted by atomic mass is 32.1. The van der Waals surface area contributed by atoms with E-state index in [0.29, 0.717) is 10.9 Å². The Hall–Kier alpha value is -1.76. The fourth-order valence-electron chi connectivity index (χ4n) is 1.87. The number of hydrogen-bond donors (Lipinski definition) is 1. The van der Waals surface area contributed by atoms with Crippen LogP contribution in [-0.2, 0) is 9.47 Å². The van der Waals surface area contributed by atoms with Crippen LogP contribution in [0.5, 0.6) is 0 Å². The molecule has 0 aliphatic heterocycles. The van der Waals surface area contributed by atoms with E-state index in [1.807, 2.05) is 11.9 Å². The number of rotatable bonds is 5. The second-order valence-corrected chi connectivity index (χ2v) is 5.78. The Morgan fingerprint density at radius 2 is 1.80 bits per heavy atom. The number of methoxy groups -OCH3 is 2. The molecule has 7 heteroatoms. The first-order valence-electron chi connectivity index (χ1n) is 6.13. The first-order valence-corrected chi connectivity index (χ1v) is 6.95. The van der Waals surface area contributed by atoms with Crippen LogP contribution in [0.25, 0.3) is 0 Å². The highest BCUT2D eigenvalue weighted by Crippen LogP contribution is 2.38. The molecule has 0 radical (unpaired) electrons. The minimum atomic E-state index is -0.556. The van der Waals surface area contributed by atoms with Crippen molar-refractivity contribution < 1.29 is 19.1 Å². The summed E-state index contributed by atoms with van der Waals surface area (Å²) in [6.45, 7) is 4.85. The molecule has 2 N–H and O–H groups in total. The quantitative estimate of drug-likeness (QED) is 0.838. The van der Waals surface area contributed by atoms with Crippen LogP contribution >= 0.6 is 11.3 Å². The predicted octanol–water partition coefficient (Wildman–Crippen LogP) is 2.00. The Balaban J connectivity index is 3.34. The molecule has 0 aromatic carbocycles. The van der Waals surface area contributed by atoms with Gasteiger partial charge in [0.2, 0.25) is 0 Å². The molecular formula is C13H20N2O4S. The number of nitrogens with two attached hydrogens (primary N) is 1. The number of nitrogens with zero attached hydrogens (tertiary/aromatic N) is 1. The van der Waals surface area contributed by atoms with Gasteiger partial charge in [-0.25, -0.2) is 9.59 Å². The van der Waals surface area contributed by atoms with Gasteiger partial charge in [-0.05, 0) is 5.92 Å². The van der Waals surface area contributed by atoms with Crippen molar-refractivity contribution in [3.05, 3.63) is 10.4 Å². The Morgan fingerprint density at radius 1 is 1.25 bits per heavy atom. The minimum absolute atomic E-state index is 0.110. The Bertz CT molecular complexity index is 511. The monoisotopic (exact) mass is 300 g/mol. The zero-order chi connectivity index (χ0) is 15.4. The van der Waals surface area contributed by atoms with E-state index in [1.165, 1.54) is 14.2 Å². The summed E-state index contributed by atoms with van der Waals surface area (Å²) in [4.78, 5) is 25.7. The number of nitrogen functional groups attached to an aromatic ring is 1. The number of carbonyl (C=O) groups excluding carboxylic acids is 2. The smallest absolute Gasteiger partial charge is 0.350 e. The van der Waals surface area contributed by atoms with Crippen molar-refractivity contribution >= 4 is 34.0 Å². The van der Waals surface area contributed by atoms with Gasteiger partial charge in [0.15, 0.2) is 0 Å². The van der Waals surface area contributed by atoms with Crippen LogP contribution in [0.15, 0.2) is 0 Å². The fourth-order valence-corrected chi connectivity index (χ4v) is 2.97. The van der Waals surface area contributed by atoms with E-state index >= 15 is 0 Å². The first-order chi connectivity index (χ1) is 9.33. The number of anilines is 2. The van der Waals surface area contributed by atoms with Gasteiger partial charge in [-0.15, -0.1) is 11.3 Å². The topological polar surface area (TPSA) is 81.9 Å². The van der Waals surface area contributed by atoms with E-state index in [9.17, 15) is 9.59 Å². The summed E-state index contributed by atoms with van der Waals surface area (Å²) in [7, 11) is 4.40. The maximum atomic E-state index is 11.9. The summed E-state index contributed by atoms with van der Waals surface area (Å²) in [6.07, 6.45) is 0. The van der Waals surface area contributed by atoms with Gasteiger partial charge in [0, 0.05) is 13.6 Å². The first kappa shape index (κ1) is 16.3. The molecule has 1 heterocycles. The number of carbonyl (C=O) groups is 2. The van der Waals surface area contributed by atoms with Crippen molar-refractivity contribution in [3.63, 3.8) is 0 Å². The third kappa shape index (κ3) is 3.22. The molecule has 0 fully saturated rings. The summed E-state index contributed by atoms with van der Waals surface area (Å²) in [5.74, 6) is -0.711. The molecule has 0 saturated heterocycles. The predicted molar refractivity (Wildman–Crippen MR) is 79.5 cm³/mol. The van der Waals surface area contributed by atoms with Gasteiger partial charge >= 0.3 is 11.9 Å². The van der Waals surface area contributed by atoms with E-state index in [2.05, 4.69) is 18.6 Å². The molecule has 0 saturated carbocycles. The fraction of sp³-hybridized carbons (Fsp3) is 0.538. The lowest BCUT2D eigenvalue weighted by atomic mass is 10.2. The van der Waals surface area contributed by atoms with Crippen molar-refractivity contribution in [2.45, 2.75) is 13.8 Å². The lowest BCUT2D eigenvalue weighted by Gasteiger charge is -2.20. The van der Waals surface area contributed by atoms with Crippen LogP contribution in [0, 0.1) is 5.92 Å². The van der Waals surface area contributed by atoms with Crippen molar-refractivity contribution in [1.82, 2.24) is 0 Å². The Labute approximate surface area is 122 Å². The van der Waals surface area contributed by atoms with E-state index in [-0.39, 0.29) is 16.1 Å². The van der Waals surface area contributed by atoms with Crippen LogP contribution < -0.4 is 10.6 Å². The van der Waals surface area contributed by atoms with Crippen LogP contribution in [0.2, 0.25) is 0 Å². The van der Waals surface area contributed by atoms with Crippen LogP contribution in [0.4, 0.5) is 10.7 Å². The molecular weight excluding hydrogens is 280 g/mol. The van der Waals surface area contributed by atoms with Gasteiger partial charge in [0.1, 0.15) is 15.4 Å². The maximum Gasteiger partial charge on any atom is 0.350 e. The third-order valence-corrected chi connectivity index (χ3v) is 3.97.